The molecule has 3 aliphatic rings. The molecule has 2 saturated heterocycles. The van der Waals surface area contributed by atoms with Crippen molar-refractivity contribution in [3.8, 4) is 23.1 Å². The van der Waals surface area contributed by atoms with Crippen LogP contribution in [0.5, 0.6) is 0 Å². The quantitative estimate of drug-likeness (QED) is 0.113. The summed E-state index contributed by atoms with van der Waals surface area (Å²) in [6.07, 6.45) is 4.89. The zero-order chi connectivity index (χ0) is 42.1. The van der Waals surface area contributed by atoms with Crippen molar-refractivity contribution in [3.05, 3.63) is 106 Å². The van der Waals surface area contributed by atoms with E-state index in [1.165, 1.54) is 14.2 Å². The number of nitrogens with zero attached hydrogens (tertiary/aromatic N) is 4. The summed E-state index contributed by atoms with van der Waals surface area (Å²) >= 11 is 6.23. The largest absolute Gasteiger partial charge is 0.453 e. The number of benzene rings is 3. The fraction of sp³-hybridized carbons (Fsp3) is 0.378. The number of aromatic amines is 2. The molecular weight excluding hydrogens is 784 g/mol. The summed E-state index contributed by atoms with van der Waals surface area (Å²) in [4.78, 5) is 72.3. The second-order valence-corrected chi connectivity index (χ2v) is 16.7. The molecule has 4 N–H and O–H groups in total. The Kier molecular flexibility index (Phi) is 11.3. The number of methoxy groups -OCH3 is 2. The molecule has 3 fully saturated rings. The maximum absolute atomic E-state index is 13.9. The standard InChI is InChI=1S/C45H47ClN8O6/c1-26(2)37(51-43(57)59-3)41(55)54-25-45(18-19-45)23-36(54)40-48-32-17-14-28(21-33(32)49-40)11-10-27-12-15-29(16-13-27)34-24-47-39(50-34)35-9-6-20-53(35)42(56)38(52-44(58)60-4)30-7-5-8-31(46)22-30/h5,7-8,12-17,21-22,24,26,35-38H,6,9,18-20,23,25H2,1-4H3,(H,47,50)(H,48,49)(H,51,57)(H,52,58)/t35-,36-,37-,38+/m0/s1. The van der Waals surface area contributed by atoms with Crippen LogP contribution < -0.4 is 10.6 Å². The van der Waals surface area contributed by atoms with Gasteiger partial charge in [-0.25, -0.2) is 19.6 Å². The summed E-state index contributed by atoms with van der Waals surface area (Å²) in [6, 6.07) is 18.4. The van der Waals surface area contributed by atoms with E-state index in [-0.39, 0.29) is 35.2 Å². The van der Waals surface area contributed by atoms with Gasteiger partial charge >= 0.3 is 12.2 Å². The molecule has 2 aromatic heterocycles. The first-order chi connectivity index (χ1) is 28.9. The first-order valence-corrected chi connectivity index (χ1v) is 20.5. The lowest BCUT2D eigenvalue weighted by Crippen LogP contribution is -2.51. The Labute approximate surface area is 352 Å². The van der Waals surface area contributed by atoms with Crippen molar-refractivity contribution in [1.29, 1.82) is 0 Å². The van der Waals surface area contributed by atoms with Crippen LogP contribution >= 0.6 is 11.6 Å². The van der Waals surface area contributed by atoms with Crippen LogP contribution in [0.2, 0.25) is 5.02 Å². The molecule has 3 aromatic carbocycles. The van der Waals surface area contributed by atoms with E-state index in [1.807, 2.05) is 61.2 Å². The lowest BCUT2D eigenvalue weighted by molar-refractivity contribution is -0.136. The maximum Gasteiger partial charge on any atom is 0.407 e. The number of fused-ring (bicyclic) bond motifs is 1. The van der Waals surface area contributed by atoms with Crippen molar-refractivity contribution in [2.24, 2.45) is 11.3 Å². The van der Waals surface area contributed by atoms with Crippen LogP contribution in [0.15, 0.2) is 72.9 Å². The summed E-state index contributed by atoms with van der Waals surface area (Å²) in [5.74, 6) is 7.41. The van der Waals surface area contributed by atoms with Gasteiger partial charge in [0, 0.05) is 29.2 Å². The van der Waals surface area contributed by atoms with Gasteiger partial charge in [-0.05, 0) is 97.0 Å². The van der Waals surface area contributed by atoms with E-state index in [0.717, 1.165) is 64.9 Å². The molecule has 0 radical (unpaired) electrons. The third-order valence-corrected chi connectivity index (χ3v) is 12.1. The Morgan fingerprint density at radius 2 is 1.60 bits per heavy atom. The van der Waals surface area contributed by atoms with E-state index < -0.39 is 24.3 Å². The number of ether oxygens (including phenoxy) is 2. The number of halogens is 1. The molecule has 310 valence electrons. The van der Waals surface area contributed by atoms with E-state index in [9.17, 15) is 19.2 Å². The summed E-state index contributed by atoms with van der Waals surface area (Å²) in [5.41, 5.74) is 5.65. The number of imidazole rings is 2. The molecule has 1 spiro atoms. The van der Waals surface area contributed by atoms with Gasteiger partial charge in [0.2, 0.25) is 5.91 Å². The summed E-state index contributed by atoms with van der Waals surface area (Å²) < 4.78 is 9.63. The molecule has 4 amide bonds. The Balaban J connectivity index is 0.950. The first-order valence-electron chi connectivity index (χ1n) is 20.2. The van der Waals surface area contributed by atoms with Crippen LogP contribution in [0, 0.1) is 23.2 Å². The molecule has 0 unspecified atom stereocenters. The second-order valence-electron chi connectivity index (χ2n) is 16.2. The summed E-state index contributed by atoms with van der Waals surface area (Å²) in [5, 5.41) is 5.86. The molecule has 0 bridgehead atoms. The van der Waals surface area contributed by atoms with Gasteiger partial charge in [0.25, 0.3) is 5.91 Å². The normalized spacial score (nSPS) is 18.8. The van der Waals surface area contributed by atoms with Crippen LogP contribution in [-0.2, 0) is 19.1 Å². The lowest BCUT2D eigenvalue weighted by atomic mass is 10.0. The monoisotopic (exact) mass is 830 g/mol. The number of nitrogens with one attached hydrogen (secondary N) is 4. The summed E-state index contributed by atoms with van der Waals surface area (Å²) in [6.45, 7) is 4.98. The predicted molar refractivity (Wildman–Crippen MR) is 224 cm³/mol. The number of likely N-dealkylation sites (tertiary alicyclic amines) is 2. The van der Waals surface area contributed by atoms with E-state index in [2.05, 4.69) is 37.4 Å². The van der Waals surface area contributed by atoms with E-state index in [0.29, 0.717) is 35.9 Å². The van der Waals surface area contributed by atoms with E-state index >= 15 is 0 Å². The van der Waals surface area contributed by atoms with Crippen molar-refractivity contribution in [1.82, 2.24) is 40.4 Å². The van der Waals surface area contributed by atoms with Crippen LogP contribution in [0.25, 0.3) is 22.3 Å². The number of H-pyrrole nitrogens is 2. The highest BCUT2D eigenvalue weighted by molar-refractivity contribution is 6.30. The SMILES string of the molecule is COC(=O)N[C@H](C(=O)N1CC2(CC2)C[C@H]1c1nc2ccc(C#Cc3ccc(-c4cnc([C@@H]5CCCN5C(=O)[C@H](NC(=O)OC)c5cccc(Cl)c5)[nH]4)cc3)cc2[nH]1)C(C)C. The second kappa shape index (κ2) is 16.7. The average Bonchev–Trinajstić information content (AvgIpc) is 3.74. The average molecular weight is 831 g/mol. The minimum absolute atomic E-state index is 0.101. The Morgan fingerprint density at radius 1 is 0.867 bits per heavy atom. The smallest absolute Gasteiger partial charge is 0.407 e. The van der Waals surface area contributed by atoms with Crippen LogP contribution in [0.3, 0.4) is 0 Å². The fourth-order valence-corrected chi connectivity index (χ4v) is 8.57. The lowest BCUT2D eigenvalue weighted by Gasteiger charge is -2.30. The van der Waals surface area contributed by atoms with E-state index in [4.69, 9.17) is 26.1 Å². The number of amides is 4. The molecule has 1 saturated carbocycles. The molecule has 2 aliphatic heterocycles. The molecular formula is C45H47ClN8O6. The van der Waals surface area contributed by atoms with Gasteiger partial charge in [-0.3, -0.25) is 9.59 Å². The summed E-state index contributed by atoms with van der Waals surface area (Å²) in [7, 11) is 2.55. The van der Waals surface area contributed by atoms with Gasteiger partial charge in [-0.15, -0.1) is 0 Å². The third kappa shape index (κ3) is 8.40. The zero-order valence-electron chi connectivity index (χ0n) is 33.9. The molecule has 4 heterocycles. The van der Waals surface area contributed by atoms with Crippen molar-refractivity contribution >= 4 is 46.6 Å². The first kappa shape index (κ1) is 40.4. The molecule has 8 rings (SSSR count). The molecule has 1 aliphatic carbocycles. The van der Waals surface area contributed by atoms with Crippen molar-refractivity contribution in [2.75, 3.05) is 27.3 Å². The number of aromatic nitrogens is 4. The van der Waals surface area contributed by atoms with Gasteiger partial charge in [-0.2, -0.15) is 0 Å². The zero-order valence-corrected chi connectivity index (χ0v) is 34.6. The molecule has 60 heavy (non-hydrogen) atoms. The van der Waals surface area contributed by atoms with Crippen LogP contribution in [-0.4, -0.2) is 87.1 Å². The van der Waals surface area contributed by atoms with Crippen LogP contribution in [0.4, 0.5) is 9.59 Å². The molecule has 15 heteroatoms. The molecule has 4 atom stereocenters. The topological polar surface area (TPSA) is 175 Å². The number of hydrogen-bond donors (Lipinski definition) is 4. The van der Waals surface area contributed by atoms with Gasteiger partial charge < -0.3 is 39.9 Å². The third-order valence-electron chi connectivity index (χ3n) is 11.8. The van der Waals surface area contributed by atoms with E-state index in [1.54, 1.807) is 35.4 Å². The molecule has 5 aromatic rings. The fourth-order valence-electron chi connectivity index (χ4n) is 8.38. The highest BCUT2D eigenvalue weighted by atomic mass is 35.5. The Hall–Kier alpha value is -6.33. The Morgan fingerprint density at radius 3 is 2.32 bits per heavy atom. The van der Waals surface area contributed by atoms with Gasteiger partial charge in [0.1, 0.15) is 23.7 Å². The number of alkyl carbamates (subject to hydrolysis) is 2. The number of hydrogen-bond acceptors (Lipinski definition) is 8. The van der Waals surface area contributed by atoms with Crippen molar-refractivity contribution in [3.63, 3.8) is 0 Å². The van der Waals surface area contributed by atoms with Gasteiger partial charge in [0.15, 0.2) is 0 Å². The number of carbonyl (C=O) groups is 4. The minimum atomic E-state index is -0.976. The number of carbonyl (C=O) groups excluding carboxylic acids is 4. The van der Waals surface area contributed by atoms with Crippen molar-refractivity contribution in [2.45, 2.75) is 70.1 Å². The van der Waals surface area contributed by atoms with Gasteiger partial charge in [-0.1, -0.05) is 61.6 Å². The highest BCUT2D eigenvalue weighted by Crippen LogP contribution is 2.58. The molecule has 14 nitrogen and oxygen atoms in total. The number of rotatable bonds is 9. The van der Waals surface area contributed by atoms with Gasteiger partial charge in [0.05, 0.1) is 49.2 Å². The van der Waals surface area contributed by atoms with Crippen molar-refractivity contribution < 1.29 is 28.7 Å². The Bertz CT molecular complexity index is 2500. The predicted octanol–water partition coefficient (Wildman–Crippen LogP) is 7.20. The maximum atomic E-state index is 13.9. The minimum Gasteiger partial charge on any atom is -0.453 e. The van der Waals surface area contributed by atoms with Crippen LogP contribution in [0.1, 0.15) is 92.4 Å². The highest BCUT2D eigenvalue weighted by Gasteiger charge is 2.55.